The predicted octanol–water partition coefficient (Wildman–Crippen LogP) is 4.55. The maximum Gasteiger partial charge on any atom is 0.161 e. The minimum atomic E-state index is -0.726. The number of halogens is 2. The van der Waals surface area contributed by atoms with Crippen LogP contribution in [0.1, 0.15) is 12.5 Å². The molecule has 4 nitrogen and oxygen atoms in total. The van der Waals surface area contributed by atoms with Gasteiger partial charge in [-0.15, -0.1) is 0 Å². The molecule has 0 amide bonds. The Morgan fingerprint density at radius 1 is 1.12 bits per heavy atom. The molecule has 0 atom stereocenters. The second kappa shape index (κ2) is 10.7. The molecule has 0 bridgehead atoms. The average Bonchev–Trinajstić information content (AvgIpc) is 2.55. The van der Waals surface area contributed by atoms with Crippen molar-refractivity contribution in [1.82, 2.24) is 0 Å². The van der Waals surface area contributed by atoms with Crippen molar-refractivity contribution in [3.05, 3.63) is 47.5 Å². The van der Waals surface area contributed by atoms with Gasteiger partial charge in [0.15, 0.2) is 17.3 Å². The van der Waals surface area contributed by atoms with Crippen molar-refractivity contribution in [2.45, 2.75) is 13.5 Å². The Morgan fingerprint density at radius 2 is 1.80 bits per heavy atom. The van der Waals surface area contributed by atoms with E-state index in [0.717, 1.165) is 17.7 Å². The third kappa shape index (κ3) is 6.34. The van der Waals surface area contributed by atoms with Gasteiger partial charge in [0, 0.05) is 12.6 Å². The molecule has 2 rings (SSSR count). The molecule has 7 heteroatoms. The zero-order valence-corrected chi connectivity index (χ0v) is 15.7. The molecule has 0 saturated heterocycles. The largest absolute Gasteiger partial charge is 0.493 e. The Bertz CT molecular complexity index is 661. The summed E-state index contributed by atoms with van der Waals surface area (Å²) in [4.78, 5) is 0. The normalized spacial score (nSPS) is 9.84. The number of nitrogens with one attached hydrogen (secondary N) is 1. The van der Waals surface area contributed by atoms with Crippen molar-refractivity contribution in [2.24, 2.45) is 0 Å². The van der Waals surface area contributed by atoms with Crippen molar-refractivity contribution in [1.29, 1.82) is 0 Å². The van der Waals surface area contributed by atoms with Crippen LogP contribution in [0.15, 0.2) is 30.3 Å². The summed E-state index contributed by atoms with van der Waals surface area (Å²) in [6.45, 7) is 2.70. The first-order chi connectivity index (χ1) is 12.0. The third-order valence-electron chi connectivity index (χ3n) is 3.08. The summed E-state index contributed by atoms with van der Waals surface area (Å²) in [5.41, 5.74) is 6.58. The smallest absolute Gasteiger partial charge is 0.161 e. The lowest BCUT2D eigenvalue weighted by atomic mass is 10.2. The molecule has 0 saturated carbocycles. The minimum absolute atomic E-state index is 0.0241. The van der Waals surface area contributed by atoms with E-state index in [1.807, 2.05) is 25.5 Å². The molecule has 0 heterocycles. The highest BCUT2D eigenvalue weighted by Gasteiger charge is 2.10. The van der Waals surface area contributed by atoms with Gasteiger partial charge in [-0.1, -0.05) is 6.07 Å². The van der Waals surface area contributed by atoms with Crippen LogP contribution < -0.4 is 20.5 Å². The first kappa shape index (κ1) is 20.9. The molecule has 0 spiro atoms. The van der Waals surface area contributed by atoms with E-state index in [9.17, 15) is 8.78 Å². The van der Waals surface area contributed by atoms with E-state index in [1.165, 1.54) is 0 Å². The van der Waals surface area contributed by atoms with E-state index < -0.39 is 11.6 Å². The molecule has 0 radical (unpaired) electrons. The van der Waals surface area contributed by atoms with Gasteiger partial charge in [0.25, 0.3) is 0 Å². The van der Waals surface area contributed by atoms with Crippen molar-refractivity contribution in [2.75, 3.05) is 37.3 Å². The zero-order chi connectivity index (χ0) is 18.8. The Balaban J connectivity index is 0.000000970. The zero-order valence-electron chi connectivity index (χ0n) is 14.9. The number of anilines is 2. The average molecular weight is 370 g/mol. The van der Waals surface area contributed by atoms with Gasteiger partial charge in [-0.2, -0.15) is 11.8 Å². The second-order valence-corrected chi connectivity index (χ2v) is 5.85. The molecule has 3 N–H and O–H groups in total. The van der Waals surface area contributed by atoms with E-state index >= 15 is 0 Å². The van der Waals surface area contributed by atoms with E-state index in [0.29, 0.717) is 24.7 Å². The summed E-state index contributed by atoms with van der Waals surface area (Å²) < 4.78 is 37.4. The first-order valence-electron chi connectivity index (χ1n) is 7.65. The summed E-state index contributed by atoms with van der Waals surface area (Å²) in [5, 5.41) is 2.87. The van der Waals surface area contributed by atoms with Crippen molar-refractivity contribution < 1.29 is 18.3 Å². The number of rotatable bonds is 6. The summed E-state index contributed by atoms with van der Waals surface area (Å²) >= 11 is 1.75. The number of hydrogen-bond donors (Lipinski definition) is 2. The molecule has 25 heavy (non-hydrogen) atoms. The highest BCUT2D eigenvalue weighted by atomic mass is 32.2. The lowest BCUT2D eigenvalue weighted by molar-refractivity contribution is 0.310. The molecule has 2 aromatic carbocycles. The van der Waals surface area contributed by atoms with Gasteiger partial charge in [0.2, 0.25) is 0 Å². The first-order valence-corrected chi connectivity index (χ1v) is 9.28. The van der Waals surface area contributed by atoms with E-state index in [1.54, 1.807) is 31.0 Å². The van der Waals surface area contributed by atoms with Crippen molar-refractivity contribution in [3.8, 4) is 11.5 Å². The van der Waals surface area contributed by atoms with Crippen LogP contribution in [0, 0.1) is 11.6 Å². The van der Waals surface area contributed by atoms with E-state index in [-0.39, 0.29) is 11.4 Å². The summed E-state index contributed by atoms with van der Waals surface area (Å²) in [7, 11) is 1.56. The molecule has 2 aromatic rings. The maximum absolute atomic E-state index is 13.7. The number of hydrogen-bond acceptors (Lipinski definition) is 5. The van der Waals surface area contributed by atoms with Crippen LogP contribution in [0.25, 0.3) is 0 Å². The molecule has 0 unspecified atom stereocenters. The fourth-order valence-corrected chi connectivity index (χ4v) is 2.07. The highest BCUT2D eigenvalue weighted by molar-refractivity contribution is 7.97. The number of ether oxygens (including phenoxy) is 2. The van der Waals surface area contributed by atoms with Crippen LogP contribution in [-0.2, 0) is 6.54 Å². The molecule has 0 aliphatic rings. The molecule has 0 fully saturated rings. The lowest BCUT2D eigenvalue weighted by Crippen LogP contribution is -2.06. The van der Waals surface area contributed by atoms with Gasteiger partial charge in [-0.25, -0.2) is 8.78 Å². The molecule has 138 valence electrons. The Morgan fingerprint density at radius 3 is 2.36 bits per heavy atom. The summed E-state index contributed by atoms with van der Waals surface area (Å²) in [5.74, 6) is -0.199. The van der Waals surface area contributed by atoms with E-state index in [4.69, 9.17) is 15.2 Å². The topological polar surface area (TPSA) is 56.5 Å². The van der Waals surface area contributed by atoms with Gasteiger partial charge in [0.1, 0.15) is 5.82 Å². The Kier molecular flexibility index (Phi) is 8.91. The third-order valence-corrected chi connectivity index (χ3v) is 3.08. The van der Waals surface area contributed by atoms with Crippen molar-refractivity contribution >= 4 is 23.1 Å². The van der Waals surface area contributed by atoms with E-state index in [2.05, 4.69) is 5.32 Å². The van der Waals surface area contributed by atoms with Gasteiger partial charge in [-0.05, 0) is 43.2 Å². The second-order valence-electron chi connectivity index (χ2n) is 5.03. The van der Waals surface area contributed by atoms with Crippen LogP contribution in [-0.4, -0.2) is 26.2 Å². The van der Waals surface area contributed by atoms with Crippen LogP contribution in [0.3, 0.4) is 0 Å². The Labute approximate surface area is 151 Å². The fraction of sp³-hybridized carbons (Fsp3) is 0.333. The number of nitrogens with two attached hydrogens (primary N) is 1. The van der Waals surface area contributed by atoms with Crippen molar-refractivity contribution in [3.63, 3.8) is 0 Å². The van der Waals surface area contributed by atoms with Gasteiger partial charge in [0.05, 0.1) is 25.1 Å². The number of thioether (sulfide) groups is 1. The van der Waals surface area contributed by atoms with Gasteiger partial charge in [-0.3, -0.25) is 0 Å². The standard InChI is InChI=1S/C16H18F2N2O2.C2H6S/c1-3-22-15-6-10(4-5-14(15)21-2)9-20-16-12(18)7-11(17)8-13(16)19;1-3-2/h4-8,20H,3,9,19H2,1-2H3;1-2H3. The molecular weight excluding hydrogens is 346 g/mol. The lowest BCUT2D eigenvalue weighted by Gasteiger charge is -2.13. The van der Waals surface area contributed by atoms with Crippen LogP contribution in [0.4, 0.5) is 20.2 Å². The van der Waals surface area contributed by atoms with Crippen LogP contribution in [0.5, 0.6) is 11.5 Å². The molecular formula is C18H24F2N2O2S. The Hall–Kier alpha value is -2.15. The summed E-state index contributed by atoms with van der Waals surface area (Å²) in [6.07, 6.45) is 4.08. The van der Waals surface area contributed by atoms with Crippen LogP contribution >= 0.6 is 11.8 Å². The maximum atomic E-state index is 13.7. The number of nitrogen functional groups attached to an aromatic ring is 1. The number of methoxy groups -OCH3 is 1. The number of benzene rings is 2. The summed E-state index contributed by atoms with van der Waals surface area (Å²) in [6, 6.07) is 7.26. The van der Waals surface area contributed by atoms with Gasteiger partial charge >= 0.3 is 0 Å². The highest BCUT2D eigenvalue weighted by Crippen LogP contribution is 2.29. The van der Waals surface area contributed by atoms with Gasteiger partial charge < -0.3 is 20.5 Å². The van der Waals surface area contributed by atoms with Crippen LogP contribution in [0.2, 0.25) is 0 Å². The SMILES string of the molecule is CCOc1cc(CNc2c(N)cc(F)cc2F)ccc1OC.CSC. The molecule has 0 aromatic heterocycles. The quantitative estimate of drug-likeness (QED) is 0.731. The minimum Gasteiger partial charge on any atom is -0.493 e. The molecule has 0 aliphatic heterocycles. The predicted molar refractivity (Wildman–Crippen MR) is 102 cm³/mol. The fourth-order valence-electron chi connectivity index (χ4n) is 2.07. The monoisotopic (exact) mass is 370 g/mol. The molecule has 0 aliphatic carbocycles.